The van der Waals surface area contributed by atoms with E-state index in [4.69, 9.17) is 5.73 Å². The van der Waals surface area contributed by atoms with Gasteiger partial charge in [-0.3, -0.25) is 0 Å². The summed E-state index contributed by atoms with van der Waals surface area (Å²) >= 11 is 2.33. The molecule has 1 atom stereocenters. The van der Waals surface area contributed by atoms with E-state index in [2.05, 4.69) is 46.9 Å². The molecule has 0 aromatic heterocycles. The molecule has 1 aliphatic rings. The predicted molar refractivity (Wildman–Crippen MR) is 68.2 cm³/mol. The lowest BCUT2D eigenvalue weighted by Gasteiger charge is -2.09. The molecule has 2 heteroatoms. The van der Waals surface area contributed by atoms with Gasteiger partial charge < -0.3 is 5.73 Å². The third-order valence-corrected chi connectivity index (χ3v) is 3.63. The van der Waals surface area contributed by atoms with Crippen molar-refractivity contribution in [3.63, 3.8) is 0 Å². The molecule has 2 N–H and O–H groups in total. The summed E-state index contributed by atoms with van der Waals surface area (Å²) in [5.74, 6) is 0.832. The maximum atomic E-state index is 6.06. The number of hydrogen-bond acceptors (Lipinski definition) is 1. The van der Waals surface area contributed by atoms with Crippen LogP contribution in [-0.4, -0.2) is 6.04 Å². The summed E-state index contributed by atoms with van der Waals surface area (Å²) in [6.07, 6.45) is 4.99. The van der Waals surface area contributed by atoms with Crippen molar-refractivity contribution >= 4 is 22.6 Å². The van der Waals surface area contributed by atoms with E-state index in [0.29, 0.717) is 6.04 Å². The van der Waals surface area contributed by atoms with E-state index in [1.54, 1.807) is 0 Å². The zero-order valence-electron chi connectivity index (χ0n) is 8.25. The summed E-state index contributed by atoms with van der Waals surface area (Å²) < 4.78 is 1.30. The quantitative estimate of drug-likeness (QED) is 0.850. The van der Waals surface area contributed by atoms with Gasteiger partial charge >= 0.3 is 0 Å². The standard InChI is InChI=1S/C12H16IN/c13-11-6-1-9(2-7-11)3-8-12(14)10-4-5-10/h1-2,6-7,10,12H,3-5,8,14H2. The number of hydrogen-bond donors (Lipinski definition) is 1. The summed E-state index contributed by atoms with van der Waals surface area (Å²) in [5, 5.41) is 0. The number of rotatable bonds is 4. The molecule has 0 saturated heterocycles. The van der Waals surface area contributed by atoms with E-state index in [0.717, 1.165) is 18.8 Å². The van der Waals surface area contributed by atoms with Gasteiger partial charge in [-0.2, -0.15) is 0 Å². The smallest absolute Gasteiger partial charge is 0.0130 e. The average molecular weight is 301 g/mol. The van der Waals surface area contributed by atoms with Crippen molar-refractivity contribution < 1.29 is 0 Å². The molecule has 1 saturated carbocycles. The summed E-state index contributed by atoms with van der Waals surface area (Å²) in [4.78, 5) is 0. The Morgan fingerprint density at radius 3 is 2.50 bits per heavy atom. The van der Waals surface area contributed by atoms with Gasteiger partial charge in [-0.15, -0.1) is 0 Å². The van der Waals surface area contributed by atoms with Crippen LogP contribution in [0.5, 0.6) is 0 Å². The molecule has 0 amide bonds. The maximum absolute atomic E-state index is 6.06. The van der Waals surface area contributed by atoms with Crippen molar-refractivity contribution in [3.8, 4) is 0 Å². The molecule has 1 fully saturated rings. The van der Waals surface area contributed by atoms with Crippen molar-refractivity contribution in [1.29, 1.82) is 0 Å². The highest BCUT2D eigenvalue weighted by molar-refractivity contribution is 14.1. The predicted octanol–water partition coefficient (Wildman–Crippen LogP) is 2.96. The number of aryl methyl sites for hydroxylation is 1. The minimum absolute atomic E-state index is 0.439. The van der Waals surface area contributed by atoms with Crippen LogP contribution >= 0.6 is 22.6 Å². The van der Waals surface area contributed by atoms with Crippen molar-refractivity contribution in [2.24, 2.45) is 11.7 Å². The Hall–Kier alpha value is -0.0900. The molecule has 1 aromatic carbocycles. The van der Waals surface area contributed by atoms with Gasteiger partial charge in [0.15, 0.2) is 0 Å². The lowest BCUT2D eigenvalue weighted by atomic mass is 10.0. The van der Waals surface area contributed by atoms with Gasteiger partial charge in [-0.1, -0.05) is 12.1 Å². The van der Waals surface area contributed by atoms with Gasteiger partial charge in [-0.05, 0) is 71.9 Å². The van der Waals surface area contributed by atoms with Gasteiger partial charge in [0.2, 0.25) is 0 Å². The van der Waals surface area contributed by atoms with Crippen LogP contribution in [-0.2, 0) is 6.42 Å². The number of benzene rings is 1. The van der Waals surface area contributed by atoms with Crippen LogP contribution in [0.1, 0.15) is 24.8 Å². The zero-order valence-corrected chi connectivity index (χ0v) is 10.4. The van der Waals surface area contributed by atoms with Gasteiger partial charge in [0.25, 0.3) is 0 Å². The summed E-state index contributed by atoms with van der Waals surface area (Å²) in [6.45, 7) is 0. The molecular weight excluding hydrogens is 285 g/mol. The second-order valence-electron chi connectivity index (χ2n) is 4.17. The topological polar surface area (TPSA) is 26.0 Å². The summed E-state index contributed by atoms with van der Waals surface area (Å²) in [6, 6.07) is 9.19. The fraction of sp³-hybridized carbons (Fsp3) is 0.500. The first-order valence-corrected chi connectivity index (χ1v) is 6.33. The Morgan fingerprint density at radius 2 is 1.93 bits per heavy atom. The Bertz CT molecular complexity index is 290. The van der Waals surface area contributed by atoms with Crippen LogP contribution in [0.4, 0.5) is 0 Å². The minimum atomic E-state index is 0.439. The van der Waals surface area contributed by atoms with Crippen LogP contribution in [0.25, 0.3) is 0 Å². The Morgan fingerprint density at radius 1 is 1.29 bits per heavy atom. The van der Waals surface area contributed by atoms with E-state index in [-0.39, 0.29) is 0 Å². The SMILES string of the molecule is NC(CCc1ccc(I)cc1)C1CC1. The maximum Gasteiger partial charge on any atom is 0.0130 e. The molecule has 1 nitrogen and oxygen atoms in total. The van der Waals surface area contributed by atoms with E-state index >= 15 is 0 Å². The number of nitrogens with two attached hydrogens (primary N) is 1. The molecule has 1 aromatic rings. The van der Waals surface area contributed by atoms with Crippen LogP contribution < -0.4 is 5.73 Å². The molecule has 1 aliphatic carbocycles. The van der Waals surface area contributed by atoms with E-state index in [9.17, 15) is 0 Å². The third-order valence-electron chi connectivity index (χ3n) is 2.91. The molecule has 0 bridgehead atoms. The largest absolute Gasteiger partial charge is 0.327 e. The van der Waals surface area contributed by atoms with Gasteiger partial charge in [0, 0.05) is 9.61 Å². The Kier molecular flexibility index (Phi) is 3.44. The summed E-state index contributed by atoms with van der Waals surface area (Å²) in [5.41, 5.74) is 7.47. The van der Waals surface area contributed by atoms with E-state index in [1.165, 1.54) is 22.0 Å². The molecule has 0 heterocycles. The van der Waals surface area contributed by atoms with Crippen molar-refractivity contribution in [3.05, 3.63) is 33.4 Å². The highest BCUT2D eigenvalue weighted by Crippen LogP contribution is 2.33. The van der Waals surface area contributed by atoms with Crippen molar-refractivity contribution in [1.82, 2.24) is 0 Å². The molecule has 76 valence electrons. The molecule has 0 spiro atoms. The molecule has 1 unspecified atom stereocenters. The molecule has 14 heavy (non-hydrogen) atoms. The van der Waals surface area contributed by atoms with Gasteiger partial charge in [0.05, 0.1) is 0 Å². The minimum Gasteiger partial charge on any atom is -0.327 e. The molecular formula is C12H16IN. The van der Waals surface area contributed by atoms with E-state index in [1.807, 2.05) is 0 Å². The summed E-state index contributed by atoms with van der Waals surface area (Å²) in [7, 11) is 0. The van der Waals surface area contributed by atoms with Crippen LogP contribution in [0.2, 0.25) is 0 Å². The monoisotopic (exact) mass is 301 g/mol. The van der Waals surface area contributed by atoms with E-state index < -0.39 is 0 Å². The first kappa shape index (κ1) is 10.4. The lowest BCUT2D eigenvalue weighted by Crippen LogP contribution is -2.22. The molecule has 0 aliphatic heterocycles. The third kappa shape index (κ3) is 2.95. The van der Waals surface area contributed by atoms with Crippen molar-refractivity contribution in [2.75, 3.05) is 0 Å². The molecule has 0 radical (unpaired) electrons. The van der Waals surface area contributed by atoms with Gasteiger partial charge in [0.1, 0.15) is 0 Å². The van der Waals surface area contributed by atoms with Crippen LogP contribution in [0, 0.1) is 9.49 Å². The highest BCUT2D eigenvalue weighted by atomic mass is 127. The average Bonchev–Trinajstić information content (AvgIpc) is 3.00. The fourth-order valence-corrected chi connectivity index (χ4v) is 2.10. The lowest BCUT2D eigenvalue weighted by molar-refractivity contribution is 0.550. The first-order chi connectivity index (χ1) is 6.75. The highest BCUT2D eigenvalue weighted by Gasteiger charge is 2.27. The number of halogens is 1. The zero-order chi connectivity index (χ0) is 9.97. The second kappa shape index (κ2) is 4.62. The van der Waals surface area contributed by atoms with Gasteiger partial charge in [-0.25, -0.2) is 0 Å². The Labute approximate surface area is 99.2 Å². The van der Waals surface area contributed by atoms with Crippen molar-refractivity contribution in [2.45, 2.75) is 31.7 Å². The van der Waals surface area contributed by atoms with Crippen LogP contribution in [0.3, 0.4) is 0 Å². The normalized spacial score (nSPS) is 18.1. The fourth-order valence-electron chi connectivity index (χ4n) is 1.74. The molecule has 2 rings (SSSR count). The second-order valence-corrected chi connectivity index (χ2v) is 5.41. The Balaban J connectivity index is 1.82. The van der Waals surface area contributed by atoms with Crippen LogP contribution in [0.15, 0.2) is 24.3 Å². The first-order valence-electron chi connectivity index (χ1n) is 5.26.